The number of aliphatic carboxylic acids is 1. The van der Waals surface area contributed by atoms with Gasteiger partial charge in [-0.15, -0.1) is 10.2 Å². The summed E-state index contributed by atoms with van der Waals surface area (Å²) in [5, 5.41) is 16.7. The molecule has 2 aromatic rings. The molecule has 19 heavy (non-hydrogen) atoms. The van der Waals surface area contributed by atoms with Crippen LogP contribution in [0.5, 0.6) is 0 Å². The van der Waals surface area contributed by atoms with E-state index in [0.29, 0.717) is 11.8 Å². The van der Waals surface area contributed by atoms with E-state index in [2.05, 4.69) is 17.1 Å². The molecule has 1 atom stereocenters. The Bertz CT molecular complexity index is 560. The molecule has 0 fully saturated rings. The quantitative estimate of drug-likeness (QED) is 0.894. The summed E-state index contributed by atoms with van der Waals surface area (Å²) in [7, 11) is 0. The van der Waals surface area contributed by atoms with Gasteiger partial charge in [0.1, 0.15) is 0 Å². The molecule has 0 aliphatic heterocycles. The highest BCUT2D eigenvalue weighted by Gasteiger charge is 2.16. The van der Waals surface area contributed by atoms with Gasteiger partial charge < -0.3 is 9.52 Å². The minimum absolute atomic E-state index is 0.245. The van der Waals surface area contributed by atoms with Crippen molar-refractivity contribution in [3.63, 3.8) is 0 Å². The van der Waals surface area contributed by atoms with Crippen LogP contribution in [-0.2, 0) is 17.6 Å². The molecular weight excluding hydrogens is 244 g/mol. The van der Waals surface area contributed by atoms with Gasteiger partial charge >= 0.3 is 5.97 Å². The Hall–Kier alpha value is -2.17. The second-order valence-electron chi connectivity index (χ2n) is 4.49. The topological polar surface area (TPSA) is 76.2 Å². The van der Waals surface area contributed by atoms with Gasteiger partial charge in [0.15, 0.2) is 0 Å². The second-order valence-corrected chi connectivity index (χ2v) is 4.49. The summed E-state index contributed by atoms with van der Waals surface area (Å²) >= 11 is 0. The summed E-state index contributed by atoms with van der Waals surface area (Å²) < 4.78 is 5.48. The summed E-state index contributed by atoms with van der Waals surface area (Å²) in [6, 6.07) is 7.88. The maximum absolute atomic E-state index is 10.8. The third kappa shape index (κ3) is 3.19. The van der Waals surface area contributed by atoms with Crippen molar-refractivity contribution in [2.75, 3.05) is 0 Å². The molecule has 0 amide bonds. The molecule has 0 aliphatic rings. The minimum Gasteiger partial charge on any atom is -0.481 e. The van der Waals surface area contributed by atoms with Gasteiger partial charge in [-0.2, -0.15) is 0 Å². The van der Waals surface area contributed by atoms with Crippen molar-refractivity contribution < 1.29 is 14.3 Å². The van der Waals surface area contributed by atoms with Crippen LogP contribution in [0, 0.1) is 5.92 Å². The number of nitrogens with zero attached hydrogens (tertiary/aromatic N) is 2. The van der Waals surface area contributed by atoms with Crippen LogP contribution in [0.15, 0.2) is 28.7 Å². The zero-order valence-corrected chi connectivity index (χ0v) is 11.0. The lowest BCUT2D eigenvalue weighted by atomic mass is 10.1. The molecule has 0 saturated heterocycles. The number of carbonyl (C=O) groups is 1. The lowest BCUT2D eigenvalue weighted by Gasteiger charge is -2.00. The van der Waals surface area contributed by atoms with Crippen molar-refractivity contribution in [2.24, 2.45) is 5.92 Å². The Morgan fingerprint density at radius 3 is 2.58 bits per heavy atom. The molecule has 1 N–H and O–H groups in total. The Balaban J connectivity index is 2.13. The first-order chi connectivity index (χ1) is 9.10. The first kappa shape index (κ1) is 13.3. The molecule has 2 rings (SSSR count). The van der Waals surface area contributed by atoms with Gasteiger partial charge in [0.25, 0.3) is 0 Å². The fourth-order valence-electron chi connectivity index (χ4n) is 1.69. The van der Waals surface area contributed by atoms with Crippen molar-refractivity contribution in [1.29, 1.82) is 0 Å². The summed E-state index contributed by atoms with van der Waals surface area (Å²) in [6.45, 7) is 3.70. The number of benzene rings is 1. The van der Waals surface area contributed by atoms with Gasteiger partial charge in [-0.3, -0.25) is 4.79 Å². The monoisotopic (exact) mass is 260 g/mol. The summed E-state index contributed by atoms with van der Waals surface area (Å²) in [6.07, 6.45) is 1.22. The van der Waals surface area contributed by atoms with Gasteiger partial charge in [-0.25, -0.2) is 0 Å². The molecule has 1 aromatic carbocycles. The van der Waals surface area contributed by atoms with E-state index in [1.165, 1.54) is 5.56 Å². The highest BCUT2D eigenvalue weighted by Crippen LogP contribution is 2.19. The first-order valence-corrected chi connectivity index (χ1v) is 6.24. The van der Waals surface area contributed by atoms with E-state index in [0.717, 1.165) is 12.0 Å². The second kappa shape index (κ2) is 5.65. The number of rotatable bonds is 5. The van der Waals surface area contributed by atoms with Crippen molar-refractivity contribution >= 4 is 5.97 Å². The molecule has 1 aromatic heterocycles. The van der Waals surface area contributed by atoms with Crippen LogP contribution in [0.2, 0.25) is 0 Å². The van der Waals surface area contributed by atoms with Gasteiger partial charge in [0, 0.05) is 12.0 Å². The van der Waals surface area contributed by atoms with Gasteiger partial charge in [-0.05, 0) is 24.1 Å². The molecular formula is C14H16N2O3. The van der Waals surface area contributed by atoms with Crippen molar-refractivity contribution in [1.82, 2.24) is 10.2 Å². The molecule has 5 heteroatoms. The van der Waals surface area contributed by atoms with Gasteiger partial charge in [-0.1, -0.05) is 26.0 Å². The lowest BCUT2D eigenvalue weighted by Crippen LogP contribution is -2.12. The maximum Gasteiger partial charge on any atom is 0.306 e. The maximum atomic E-state index is 10.8. The molecule has 100 valence electrons. The van der Waals surface area contributed by atoms with E-state index < -0.39 is 11.9 Å². The number of hydrogen-bond acceptors (Lipinski definition) is 4. The Labute approximate surface area is 111 Å². The van der Waals surface area contributed by atoms with Crippen LogP contribution >= 0.6 is 0 Å². The summed E-state index contributed by atoms with van der Waals surface area (Å²) in [5.74, 6) is -0.623. The van der Waals surface area contributed by atoms with E-state index in [4.69, 9.17) is 9.52 Å². The molecule has 5 nitrogen and oxygen atoms in total. The fourth-order valence-corrected chi connectivity index (χ4v) is 1.69. The zero-order valence-electron chi connectivity index (χ0n) is 11.0. The molecule has 1 unspecified atom stereocenters. The van der Waals surface area contributed by atoms with Crippen LogP contribution in [0.1, 0.15) is 25.3 Å². The molecule has 1 heterocycles. The smallest absolute Gasteiger partial charge is 0.306 e. The highest BCUT2D eigenvalue weighted by atomic mass is 16.4. The molecule has 0 aliphatic carbocycles. The standard InChI is InChI=1S/C14H16N2O3/c1-3-10-4-6-11(7-5-10)13-16-15-12(19-13)8-9(2)14(17)18/h4-7,9H,3,8H2,1-2H3,(H,17,18). The van der Waals surface area contributed by atoms with Crippen LogP contribution in [-0.4, -0.2) is 21.3 Å². The van der Waals surface area contributed by atoms with Gasteiger partial charge in [0.2, 0.25) is 11.8 Å². The summed E-state index contributed by atoms with van der Waals surface area (Å²) in [5.41, 5.74) is 2.09. The van der Waals surface area contributed by atoms with Crippen LogP contribution in [0.3, 0.4) is 0 Å². The lowest BCUT2D eigenvalue weighted by molar-refractivity contribution is -0.141. The molecule has 0 saturated carbocycles. The third-order valence-electron chi connectivity index (χ3n) is 2.98. The number of aryl methyl sites for hydroxylation is 1. The predicted molar refractivity (Wildman–Crippen MR) is 69.6 cm³/mol. The number of hydrogen-bond donors (Lipinski definition) is 1. The normalized spacial score (nSPS) is 12.3. The number of carboxylic acid groups (broad SMARTS) is 1. The van der Waals surface area contributed by atoms with Crippen LogP contribution < -0.4 is 0 Å². The van der Waals surface area contributed by atoms with Crippen molar-refractivity contribution in [3.8, 4) is 11.5 Å². The number of carboxylic acids is 1. The average molecular weight is 260 g/mol. The van der Waals surface area contributed by atoms with Crippen LogP contribution in [0.25, 0.3) is 11.5 Å². The SMILES string of the molecule is CCc1ccc(-c2nnc(CC(C)C(=O)O)o2)cc1. The fraction of sp³-hybridized carbons (Fsp3) is 0.357. The van der Waals surface area contributed by atoms with E-state index >= 15 is 0 Å². The minimum atomic E-state index is -0.868. The van der Waals surface area contributed by atoms with Crippen LogP contribution in [0.4, 0.5) is 0 Å². The number of aromatic nitrogens is 2. The predicted octanol–water partition coefficient (Wildman–Crippen LogP) is 2.56. The first-order valence-electron chi connectivity index (χ1n) is 6.24. The Morgan fingerprint density at radius 1 is 1.32 bits per heavy atom. The third-order valence-corrected chi connectivity index (χ3v) is 2.98. The van der Waals surface area contributed by atoms with E-state index in [1.54, 1.807) is 6.92 Å². The van der Waals surface area contributed by atoms with Crippen molar-refractivity contribution in [3.05, 3.63) is 35.7 Å². The molecule has 0 radical (unpaired) electrons. The highest BCUT2D eigenvalue weighted by molar-refractivity contribution is 5.69. The van der Waals surface area contributed by atoms with E-state index in [-0.39, 0.29) is 6.42 Å². The van der Waals surface area contributed by atoms with Gasteiger partial charge in [0.05, 0.1) is 5.92 Å². The average Bonchev–Trinajstić information content (AvgIpc) is 2.87. The molecule has 0 bridgehead atoms. The Kier molecular flexibility index (Phi) is 3.94. The van der Waals surface area contributed by atoms with E-state index in [9.17, 15) is 4.79 Å². The Morgan fingerprint density at radius 2 is 2.00 bits per heavy atom. The molecule has 0 spiro atoms. The van der Waals surface area contributed by atoms with E-state index in [1.807, 2.05) is 24.3 Å². The van der Waals surface area contributed by atoms with Crippen molar-refractivity contribution in [2.45, 2.75) is 26.7 Å². The zero-order chi connectivity index (χ0) is 13.8. The summed E-state index contributed by atoms with van der Waals surface area (Å²) in [4.78, 5) is 10.8. The largest absolute Gasteiger partial charge is 0.481 e.